The first-order valence-electron chi connectivity index (χ1n) is 5.43. The van der Waals surface area contributed by atoms with E-state index in [1.807, 2.05) is 0 Å². The van der Waals surface area contributed by atoms with Gasteiger partial charge in [-0.2, -0.15) is 11.3 Å². The maximum absolute atomic E-state index is 5.71. The third kappa shape index (κ3) is 4.78. The maximum Gasteiger partial charge on any atom is 0.0238 e. The molecule has 3 heteroatoms. The van der Waals surface area contributed by atoms with Gasteiger partial charge in [0.05, 0.1) is 0 Å². The molecule has 0 amide bonds. The van der Waals surface area contributed by atoms with Gasteiger partial charge in [0.2, 0.25) is 0 Å². The van der Waals surface area contributed by atoms with Crippen molar-refractivity contribution >= 4 is 11.3 Å². The van der Waals surface area contributed by atoms with Crippen molar-refractivity contribution in [2.24, 2.45) is 11.1 Å². The van der Waals surface area contributed by atoms with E-state index in [4.69, 9.17) is 5.73 Å². The molecule has 0 spiro atoms. The molecule has 86 valence electrons. The van der Waals surface area contributed by atoms with Crippen LogP contribution in [0.3, 0.4) is 0 Å². The van der Waals surface area contributed by atoms with E-state index < -0.39 is 0 Å². The first-order valence-corrected chi connectivity index (χ1v) is 6.37. The van der Waals surface area contributed by atoms with Crippen LogP contribution in [-0.4, -0.2) is 25.0 Å². The summed E-state index contributed by atoms with van der Waals surface area (Å²) in [6, 6.07) is 2.19. The van der Waals surface area contributed by atoms with Crippen LogP contribution in [0.5, 0.6) is 0 Å². The number of hydrogen-bond acceptors (Lipinski definition) is 3. The molecule has 0 saturated carbocycles. The number of hydrogen-bond donors (Lipinski definition) is 1. The van der Waals surface area contributed by atoms with Crippen molar-refractivity contribution < 1.29 is 0 Å². The quantitative estimate of drug-likeness (QED) is 0.808. The Bertz CT molecular complexity index is 267. The van der Waals surface area contributed by atoms with Crippen LogP contribution < -0.4 is 5.73 Å². The average Bonchev–Trinajstić information content (AvgIpc) is 2.68. The van der Waals surface area contributed by atoms with Crippen molar-refractivity contribution in [2.75, 3.05) is 20.1 Å². The Labute approximate surface area is 97.1 Å². The van der Waals surface area contributed by atoms with E-state index in [0.29, 0.717) is 0 Å². The molecule has 0 aliphatic carbocycles. The van der Waals surface area contributed by atoms with Crippen LogP contribution in [0.25, 0.3) is 0 Å². The standard InChI is InChI=1S/C12H22N2S/c1-12(2,10-13)5-6-14(3)8-11-4-7-15-9-11/h4,7,9H,5-6,8,10,13H2,1-3H3. The molecule has 0 unspecified atom stereocenters. The van der Waals surface area contributed by atoms with Gasteiger partial charge in [0.1, 0.15) is 0 Å². The highest BCUT2D eigenvalue weighted by atomic mass is 32.1. The minimum Gasteiger partial charge on any atom is -0.330 e. The number of rotatable bonds is 6. The van der Waals surface area contributed by atoms with E-state index in [1.165, 1.54) is 5.56 Å². The summed E-state index contributed by atoms with van der Waals surface area (Å²) in [5.74, 6) is 0. The van der Waals surface area contributed by atoms with Crippen LogP contribution in [0.1, 0.15) is 25.8 Å². The summed E-state index contributed by atoms with van der Waals surface area (Å²) in [5.41, 5.74) is 7.39. The Morgan fingerprint density at radius 3 is 2.73 bits per heavy atom. The molecule has 0 radical (unpaired) electrons. The highest BCUT2D eigenvalue weighted by Gasteiger charge is 2.15. The summed E-state index contributed by atoms with van der Waals surface area (Å²) in [5, 5.41) is 4.34. The Balaban J connectivity index is 2.28. The molecule has 0 fully saturated rings. The third-order valence-electron chi connectivity index (χ3n) is 2.76. The van der Waals surface area contributed by atoms with Crippen molar-refractivity contribution in [3.63, 3.8) is 0 Å². The number of nitrogens with two attached hydrogens (primary N) is 1. The molecule has 0 bridgehead atoms. The Hall–Kier alpha value is -0.380. The zero-order valence-electron chi connectivity index (χ0n) is 9.99. The first kappa shape index (κ1) is 12.7. The Morgan fingerprint density at radius 2 is 2.20 bits per heavy atom. The summed E-state index contributed by atoms with van der Waals surface area (Å²) in [6.07, 6.45) is 1.16. The molecule has 0 aliphatic rings. The van der Waals surface area contributed by atoms with Gasteiger partial charge < -0.3 is 10.6 Å². The molecule has 0 atom stereocenters. The van der Waals surface area contributed by atoms with E-state index in [2.05, 4.69) is 42.6 Å². The SMILES string of the molecule is CN(CCC(C)(C)CN)Cc1ccsc1. The third-order valence-corrected chi connectivity index (χ3v) is 3.49. The van der Waals surface area contributed by atoms with Crippen LogP contribution in [0.15, 0.2) is 16.8 Å². The van der Waals surface area contributed by atoms with Gasteiger partial charge >= 0.3 is 0 Å². The summed E-state index contributed by atoms with van der Waals surface area (Å²) >= 11 is 1.76. The van der Waals surface area contributed by atoms with Crippen LogP contribution in [0.2, 0.25) is 0 Å². The lowest BCUT2D eigenvalue weighted by Gasteiger charge is -2.25. The van der Waals surface area contributed by atoms with E-state index in [9.17, 15) is 0 Å². The average molecular weight is 226 g/mol. The Morgan fingerprint density at radius 1 is 1.47 bits per heavy atom. The van der Waals surface area contributed by atoms with Gasteiger partial charge in [-0.15, -0.1) is 0 Å². The van der Waals surface area contributed by atoms with Crippen molar-refractivity contribution in [1.29, 1.82) is 0 Å². The fraction of sp³-hybridized carbons (Fsp3) is 0.667. The molecule has 1 aromatic rings. The zero-order chi connectivity index (χ0) is 11.3. The number of nitrogens with zero attached hydrogens (tertiary/aromatic N) is 1. The first-order chi connectivity index (χ1) is 7.03. The summed E-state index contributed by atoms with van der Waals surface area (Å²) < 4.78 is 0. The summed E-state index contributed by atoms with van der Waals surface area (Å²) in [4.78, 5) is 2.36. The highest BCUT2D eigenvalue weighted by molar-refractivity contribution is 7.07. The maximum atomic E-state index is 5.71. The molecule has 1 rings (SSSR count). The molecule has 0 saturated heterocycles. The molecule has 0 aliphatic heterocycles. The summed E-state index contributed by atoms with van der Waals surface area (Å²) in [6.45, 7) is 7.38. The van der Waals surface area contributed by atoms with E-state index >= 15 is 0 Å². The molecular weight excluding hydrogens is 204 g/mol. The molecule has 1 aromatic heterocycles. The lowest BCUT2D eigenvalue weighted by atomic mass is 9.89. The van der Waals surface area contributed by atoms with E-state index in [-0.39, 0.29) is 5.41 Å². The molecule has 0 aromatic carbocycles. The largest absolute Gasteiger partial charge is 0.330 e. The predicted octanol–water partition coefficient (Wildman–Crippen LogP) is 2.55. The molecule has 2 N–H and O–H groups in total. The van der Waals surface area contributed by atoms with Gasteiger partial charge in [-0.05, 0) is 54.4 Å². The second-order valence-corrected chi connectivity index (χ2v) is 5.77. The van der Waals surface area contributed by atoms with E-state index in [1.54, 1.807) is 11.3 Å². The Kier molecular flexibility index (Phi) is 4.77. The van der Waals surface area contributed by atoms with Crippen molar-refractivity contribution in [3.8, 4) is 0 Å². The lowest BCUT2D eigenvalue weighted by molar-refractivity contribution is 0.249. The van der Waals surface area contributed by atoms with E-state index in [0.717, 1.165) is 26.1 Å². The highest BCUT2D eigenvalue weighted by Crippen LogP contribution is 2.18. The fourth-order valence-electron chi connectivity index (χ4n) is 1.37. The van der Waals surface area contributed by atoms with Gasteiger partial charge in [0, 0.05) is 6.54 Å². The second kappa shape index (κ2) is 5.64. The smallest absolute Gasteiger partial charge is 0.0238 e. The minimum atomic E-state index is 0.267. The van der Waals surface area contributed by atoms with Crippen molar-refractivity contribution in [1.82, 2.24) is 4.90 Å². The molecular formula is C12H22N2S. The minimum absolute atomic E-state index is 0.267. The second-order valence-electron chi connectivity index (χ2n) is 4.99. The van der Waals surface area contributed by atoms with Gasteiger partial charge in [-0.1, -0.05) is 13.8 Å². The molecule has 1 heterocycles. The van der Waals surface area contributed by atoms with Gasteiger partial charge in [-0.3, -0.25) is 0 Å². The van der Waals surface area contributed by atoms with Crippen LogP contribution in [0.4, 0.5) is 0 Å². The van der Waals surface area contributed by atoms with Gasteiger partial charge in [-0.25, -0.2) is 0 Å². The van der Waals surface area contributed by atoms with Crippen LogP contribution in [0, 0.1) is 5.41 Å². The van der Waals surface area contributed by atoms with Crippen LogP contribution >= 0.6 is 11.3 Å². The van der Waals surface area contributed by atoms with Gasteiger partial charge in [0.25, 0.3) is 0 Å². The zero-order valence-corrected chi connectivity index (χ0v) is 10.8. The molecule has 2 nitrogen and oxygen atoms in total. The fourth-order valence-corrected chi connectivity index (χ4v) is 2.03. The monoisotopic (exact) mass is 226 g/mol. The summed E-state index contributed by atoms with van der Waals surface area (Å²) in [7, 11) is 2.17. The lowest BCUT2D eigenvalue weighted by Crippen LogP contribution is -2.29. The topological polar surface area (TPSA) is 29.3 Å². The van der Waals surface area contributed by atoms with Crippen molar-refractivity contribution in [2.45, 2.75) is 26.8 Å². The predicted molar refractivity (Wildman–Crippen MR) is 68.1 cm³/mol. The normalized spacial score (nSPS) is 12.3. The van der Waals surface area contributed by atoms with Crippen molar-refractivity contribution in [3.05, 3.63) is 22.4 Å². The molecule has 15 heavy (non-hydrogen) atoms. The number of thiophene rings is 1. The van der Waals surface area contributed by atoms with Crippen LogP contribution in [-0.2, 0) is 6.54 Å². The van der Waals surface area contributed by atoms with Gasteiger partial charge in [0.15, 0.2) is 0 Å².